The maximum absolute atomic E-state index is 12.7. The lowest BCUT2D eigenvalue weighted by atomic mass is 9.95. The molecule has 23 heavy (non-hydrogen) atoms. The van der Waals surface area contributed by atoms with Gasteiger partial charge < -0.3 is 9.64 Å². The molecule has 1 aliphatic heterocycles. The molecule has 0 radical (unpaired) electrons. The van der Waals surface area contributed by atoms with Gasteiger partial charge in [0.1, 0.15) is 0 Å². The number of amides is 1. The summed E-state index contributed by atoms with van der Waals surface area (Å²) in [5.74, 6) is 0.912. The second-order valence-corrected chi connectivity index (χ2v) is 6.47. The van der Waals surface area contributed by atoms with Crippen LogP contribution >= 0.6 is 0 Å². The number of carbonyl (C=O) groups excluding carboxylic acids is 1. The molecule has 3 rings (SSSR count). The van der Waals surface area contributed by atoms with Crippen LogP contribution in [0.5, 0.6) is 0 Å². The van der Waals surface area contributed by atoms with Crippen molar-refractivity contribution in [2.24, 2.45) is 5.92 Å². The number of ether oxygens (including phenoxy) is 1. The van der Waals surface area contributed by atoms with E-state index in [1.54, 1.807) is 0 Å². The lowest BCUT2D eigenvalue weighted by Crippen LogP contribution is -2.40. The van der Waals surface area contributed by atoms with E-state index in [0.29, 0.717) is 32.1 Å². The molecule has 2 heterocycles. The number of fused-ring (bicyclic) bond motifs is 1. The van der Waals surface area contributed by atoms with E-state index >= 15 is 0 Å². The summed E-state index contributed by atoms with van der Waals surface area (Å²) in [5.41, 5.74) is 2.43. The van der Waals surface area contributed by atoms with Crippen LogP contribution in [0, 0.1) is 5.92 Å². The monoisotopic (exact) mass is 317 g/mol. The number of allylic oxidation sites excluding steroid dienone is 2. The maximum atomic E-state index is 12.7. The summed E-state index contributed by atoms with van der Waals surface area (Å²) in [5, 5.41) is 4.48. The van der Waals surface area contributed by atoms with Crippen molar-refractivity contribution >= 4 is 5.91 Å². The minimum Gasteiger partial charge on any atom is -0.381 e. The minimum atomic E-state index is 0.226. The van der Waals surface area contributed by atoms with Crippen LogP contribution in [0.25, 0.3) is 0 Å². The molecule has 0 aromatic carbocycles. The average Bonchev–Trinajstić information content (AvgIpc) is 3.21. The first-order chi connectivity index (χ1) is 11.2. The molecule has 0 spiro atoms. The van der Waals surface area contributed by atoms with Crippen molar-refractivity contribution in [2.75, 3.05) is 19.8 Å². The second-order valence-electron chi connectivity index (χ2n) is 6.47. The van der Waals surface area contributed by atoms with E-state index in [1.807, 2.05) is 18.0 Å². The largest absolute Gasteiger partial charge is 0.381 e. The van der Waals surface area contributed by atoms with Gasteiger partial charge in [-0.1, -0.05) is 12.2 Å². The zero-order chi connectivity index (χ0) is 16.2. The van der Waals surface area contributed by atoms with Crippen LogP contribution in [0.3, 0.4) is 0 Å². The van der Waals surface area contributed by atoms with Gasteiger partial charge in [0, 0.05) is 44.1 Å². The Balaban J connectivity index is 1.73. The Labute approximate surface area is 138 Å². The third-order valence-electron chi connectivity index (χ3n) is 4.87. The summed E-state index contributed by atoms with van der Waals surface area (Å²) in [7, 11) is 0. The number of aromatic nitrogens is 2. The van der Waals surface area contributed by atoms with Crippen molar-refractivity contribution in [1.82, 2.24) is 14.7 Å². The molecule has 0 unspecified atom stereocenters. The van der Waals surface area contributed by atoms with Crippen molar-refractivity contribution in [3.8, 4) is 0 Å². The summed E-state index contributed by atoms with van der Waals surface area (Å²) in [6.45, 7) is 7.76. The van der Waals surface area contributed by atoms with Crippen LogP contribution in [0.1, 0.15) is 50.3 Å². The lowest BCUT2D eigenvalue weighted by Gasteiger charge is -2.34. The number of hydrogen-bond donors (Lipinski definition) is 0. The molecule has 5 heteroatoms. The van der Waals surface area contributed by atoms with Crippen LogP contribution in [-0.2, 0) is 22.6 Å². The third-order valence-corrected chi connectivity index (χ3v) is 4.87. The van der Waals surface area contributed by atoms with Gasteiger partial charge in [-0.2, -0.15) is 5.10 Å². The molecule has 0 saturated carbocycles. The molecule has 0 bridgehead atoms. The highest BCUT2D eigenvalue weighted by Gasteiger charge is 2.32. The first-order valence-electron chi connectivity index (χ1n) is 8.79. The second kappa shape index (κ2) is 7.30. The standard InChI is InChI=1S/C18H27N3O2/c1-3-21-18-15(10-19-21)11-20(12-16(18)13-23-4-2)17(22)9-14-7-5-6-8-14/h5,7,10,14,16H,3-4,6,8-9,11-13H2,1-2H3/t14-,16-/m1/s1. The topological polar surface area (TPSA) is 47.4 Å². The molecule has 1 aromatic rings. The predicted molar refractivity (Wildman–Crippen MR) is 89.0 cm³/mol. The molecule has 1 amide bonds. The van der Waals surface area contributed by atoms with Gasteiger partial charge >= 0.3 is 0 Å². The van der Waals surface area contributed by atoms with E-state index in [9.17, 15) is 4.79 Å². The van der Waals surface area contributed by atoms with E-state index in [-0.39, 0.29) is 11.8 Å². The van der Waals surface area contributed by atoms with Gasteiger partial charge in [-0.3, -0.25) is 9.48 Å². The fraction of sp³-hybridized carbons (Fsp3) is 0.667. The molecule has 2 aliphatic rings. The fourth-order valence-corrected chi connectivity index (χ4v) is 3.70. The van der Waals surface area contributed by atoms with Crippen molar-refractivity contribution < 1.29 is 9.53 Å². The fourth-order valence-electron chi connectivity index (χ4n) is 3.70. The predicted octanol–water partition coefficient (Wildman–Crippen LogP) is 2.72. The van der Waals surface area contributed by atoms with Crippen LogP contribution in [0.15, 0.2) is 18.3 Å². The zero-order valence-electron chi connectivity index (χ0n) is 14.2. The van der Waals surface area contributed by atoms with Gasteiger partial charge in [-0.05, 0) is 32.6 Å². The van der Waals surface area contributed by atoms with Gasteiger partial charge in [0.05, 0.1) is 18.5 Å². The Bertz CT molecular complexity index is 579. The van der Waals surface area contributed by atoms with Gasteiger partial charge in [0.15, 0.2) is 0 Å². The van der Waals surface area contributed by atoms with Crippen molar-refractivity contribution in [1.29, 1.82) is 0 Å². The van der Waals surface area contributed by atoms with E-state index in [2.05, 4.69) is 28.9 Å². The summed E-state index contributed by atoms with van der Waals surface area (Å²) in [4.78, 5) is 14.7. The van der Waals surface area contributed by atoms with Crippen LogP contribution in [-0.4, -0.2) is 40.3 Å². The van der Waals surface area contributed by atoms with E-state index < -0.39 is 0 Å². The van der Waals surface area contributed by atoms with E-state index in [0.717, 1.165) is 25.9 Å². The first-order valence-corrected chi connectivity index (χ1v) is 8.79. The Kier molecular flexibility index (Phi) is 5.16. The molecular formula is C18H27N3O2. The van der Waals surface area contributed by atoms with Crippen molar-refractivity contribution in [3.05, 3.63) is 29.6 Å². The summed E-state index contributed by atoms with van der Waals surface area (Å²) < 4.78 is 7.73. The lowest BCUT2D eigenvalue weighted by molar-refractivity contribution is -0.133. The molecular weight excluding hydrogens is 290 g/mol. The van der Waals surface area contributed by atoms with Gasteiger partial charge in [0.2, 0.25) is 5.91 Å². The molecule has 1 aromatic heterocycles. The number of rotatable bonds is 6. The summed E-state index contributed by atoms with van der Waals surface area (Å²) in [6.07, 6.45) is 9.16. The Morgan fingerprint density at radius 3 is 3.00 bits per heavy atom. The molecule has 0 fully saturated rings. The Morgan fingerprint density at radius 1 is 1.43 bits per heavy atom. The smallest absolute Gasteiger partial charge is 0.223 e. The number of nitrogens with zero attached hydrogens (tertiary/aromatic N) is 3. The summed E-state index contributed by atoms with van der Waals surface area (Å²) >= 11 is 0. The highest BCUT2D eigenvalue weighted by Crippen LogP contribution is 2.30. The SMILES string of the molecule is CCOC[C@H]1CN(C(=O)C[C@@H]2C=CCC2)Cc2cnn(CC)c21. The molecule has 2 atom stereocenters. The van der Waals surface area contributed by atoms with E-state index in [4.69, 9.17) is 4.74 Å². The molecule has 0 saturated heterocycles. The molecule has 5 nitrogen and oxygen atoms in total. The van der Waals surface area contributed by atoms with Gasteiger partial charge in [-0.15, -0.1) is 0 Å². The molecule has 1 aliphatic carbocycles. The van der Waals surface area contributed by atoms with Crippen LogP contribution in [0.4, 0.5) is 0 Å². The maximum Gasteiger partial charge on any atom is 0.223 e. The quantitative estimate of drug-likeness (QED) is 0.758. The Hall–Kier alpha value is -1.62. The van der Waals surface area contributed by atoms with Crippen LogP contribution in [0.2, 0.25) is 0 Å². The first kappa shape index (κ1) is 16.2. The number of hydrogen-bond acceptors (Lipinski definition) is 3. The number of aryl methyl sites for hydroxylation is 1. The van der Waals surface area contributed by atoms with Crippen molar-refractivity contribution in [2.45, 2.75) is 52.1 Å². The average molecular weight is 317 g/mol. The van der Waals surface area contributed by atoms with Crippen molar-refractivity contribution in [3.63, 3.8) is 0 Å². The summed E-state index contributed by atoms with van der Waals surface area (Å²) in [6, 6.07) is 0. The highest BCUT2D eigenvalue weighted by molar-refractivity contribution is 5.77. The minimum absolute atomic E-state index is 0.226. The Morgan fingerprint density at radius 2 is 2.30 bits per heavy atom. The molecule has 126 valence electrons. The van der Waals surface area contributed by atoms with E-state index in [1.165, 1.54) is 11.3 Å². The van der Waals surface area contributed by atoms with Gasteiger partial charge in [0.25, 0.3) is 0 Å². The van der Waals surface area contributed by atoms with Crippen LogP contribution < -0.4 is 0 Å². The normalized spacial score (nSPS) is 23.3. The highest BCUT2D eigenvalue weighted by atomic mass is 16.5. The molecule has 0 N–H and O–H groups in total. The number of carbonyl (C=O) groups is 1. The third kappa shape index (κ3) is 3.50. The van der Waals surface area contributed by atoms with Gasteiger partial charge in [-0.25, -0.2) is 0 Å². The zero-order valence-corrected chi connectivity index (χ0v) is 14.2.